The van der Waals surface area contributed by atoms with E-state index < -0.39 is 18.0 Å². The number of amides is 1. The van der Waals surface area contributed by atoms with Crippen molar-refractivity contribution in [2.75, 3.05) is 5.32 Å². The molecular weight excluding hydrogens is 304 g/mol. The van der Waals surface area contributed by atoms with Gasteiger partial charge in [0.05, 0.1) is 5.56 Å². The van der Waals surface area contributed by atoms with Gasteiger partial charge in [0.2, 0.25) is 0 Å². The second-order valence-corrected chi connectivity index (χ2v) is 5.70. The third-order valence-electron chi connectivity index (χ3n) is 3.28. The van der Waals surface area contributed by atoms with E-state index >= 15 is 0 Å². The van der Waals surface area contributed by atoms with Gasteiger partial charge in [-0.1, -0.05) is 18.2 Å². The second-order valence-electron chi connectivity index (χ2n) is 4.84. The molecule has 2 aromatic rings. The standard InChI is InChI=1S/C15H12N2O4S/c1-8(18)11-7-22-15(16-11)17-13(19)12-6-9-4-2-3-5-10(9)14(20)21-12/h2-5,7,12H,6H2,1H3,(H,16,17,19)/t12-/m0/s1. The molecule has 6 nitrogen and oxygen atoms in total. The number of fused-ring (bicyclic) bond motifs is 1. The zero-order chi connectivity index (χ0) is 15.7. The summed E-state index contributed by atoms with van der Waals surface area (Å²) in [5.74, 6) is -1.13. The average molecular weight is 316 g/mol. The predicted octanol–water partition coefficient (Wildman–Crippen LogP) is 2.07. The summed E-state index contributed by atoms with van der Waals surface area (Å²) >= 11 is 1.15. The summed E-state index contributed by atoms with van der Waals surface area (Å²) in [5, 5.41) is 4.46. The summed E-state index contributed by atoms with van der Waals surface area (Å²) in [4.78, 5) is 39.3. The van der Waals surface area contributed by atoms with E-state index in [-0.39, 0.29) is 5.78 Å². The van der Waals surface area contributed by atoms with Gasteiger partial charge in [-0.25, -0.2) is 9.78 Å². The lowest BCUT2D eigenvalue weighted by atomic mass is 9.98. The van der Waals surface area contributed by atoms with Crippen LogP contribution in [0.2, 0.25) is 0 Å². The number of ketones is 1. The second kappa shape index (κ2) is 5.69. The molecule has 112 valence electrons. The first-order chi connectivity index (χ1) is 10.5. The third-order valence-corrected chi connectivity index (χ3v) is 4.04. The van der Waals surface area contributed by atoms with Crippen molar-refractivity contribution in [2.24, 2.45) is 0 Å². The molecule has 1 aromatic heterocycles. The Kier molecular flexibility index (Phi) is 3.72. The number of aromatic nitrogens is 1. The summed E-state index contributed by atoms with van der Waals surface area (Å²) in [6.45, 7) is 1.40. The lowest BCUT2D eigenvalue weighted by molar-refractivity contribution is -0.125. The Morgan fingerprint density at radius 3 is 2.86 bits per heavy atom. The van der Waals surface area contributed by atoms with Crippen LogP contribution in [-0.4, -0.2) is 28.7 Å². The van der Waals surface area contributed by atoms with Gasteiger partial charge in [-0.15, -0.1) is 11.3 Å². The highest BCUT2D eigenvalue weighted by Gasteiger charge is 2.31. The van der Waals surface area contributed by atoms with Crippen LogP contribution >= 0.6 is 11.3 Å². The van der Waals surface area contributed by atoms with E-state index in [4.69, 9.17) is 4.74 Å². The maximum atomic E-state index is 12.2. The number of esters is 1. The van der Waals surface area contributed by atoms with Crippen molar-refractivity contribution in [3.05, 3.63) is 46.5 Å². The summed E-state index contributed by atoms with van der Waals surface area (Å²) in [7, 11) is 0. The monoisotopic (exact) mass is 316 g/mol. The minimum atomic E-state index is -0.896. The zero-order valence-corrected chi connectivity index (χ0v) is 12.5. The van der Waals surface area contributed by atoms with Crippen LogP contribution in [0.15, 0.2) is 29.6 Å². The highest BCUT2D eigenvalue weighted by Crippen LogP contribution is 2.22. The molecule has 0 saturated heterocycles. The molecule has 0 aliphatic carbocycles. The Balaban J connectivity index is 1.73. The molecule has 1 N–H and O–H groups in total. The van der Waals surface area contributed by atoms with Crippen molar-refractivity contribution >= 4 is 34.1 Å². The Morgan fingerprint density at radius 1 is 1.36 bits per heavy atom. The number of cyclic esters (lactones) is 1. The van der Waals surface area contributed by atoms with Gasteiger partial charge in [0, 0.05) is 18.7 Å². The lowest BCUT2D eigenvalue weighted by Crippen LogP contribution is -2.37. The SMILES string of the molecule is CC(=O)c1csc(NC(=O)[C@@H]2Cc3ccccc3C(=O)O2)n1. The fourth-order valence-electron chi connectivity index (χ4n) is 2.16. The van der Waals surface area contributed by atoms with E-state index in [1.807, 2.05) is 6.07 Å². The molecule has 3 rings (SSSR count). The van der Waals surface area contributed by atoms with Gasteiger partial charge < -0.3 is 4.74 Å². The van der Waals surface area contributed by atoms with Crippen molar-refractivity contribution in [1.82, 2.24) is 4.98 Å². The summed E-state index contributed by atoms with van der Waals surface area (Å²) < 4.78 is 5.16. The minimum Gasteiger partial charge on any atom is -0.448 e. The first-order valence-corrected chi connectivity index (χ1v) is 7.49. The molecule has 0 saturated carbocycles. The molecule has 2 heterocycles. The number of nitrogens with one attached hydrogen (secondary N) is 1. The van der Waals surface area contributed by atoms with Gasteiger partial charge in [-0.2, -0.15) is 0 Å². The Labute approximate surface area is 130 Å². The third kappa shape index (κ3) is 2.75. The Bertz CT molecular complexity index is 768. The molecule has 0 radical (unpaired) electrons. The number of Topliss-reactive ketones (excluding diaryl/α,β-unsaturated/α-hetero) is 1. The normalized spacial score (nSPS) is 16.6. The number of anilines is 1. The smallest absolute Gasteiger partial charge is 0.339 e. The topological polar surface area (TPSA) is 85.4 Å². The number of benzene rings is 1. The molecule has 0 fully saturated rings. The van der Waals surface area contributed by atoms with E-state index in [1.165, 1.54) is 6.92 Å². The van der Waals surface area contributed by atoms with E-state index in [0.29, 0.717) is 22.8 Å². The van der Waals surface area contributed by atoms with Crippen LogP contribution in [0.25, 0.3) is 0 Å². The van der Waals surface area contributed by atoms with E-state index in [9.17, 15) is 14.4 Å². The average Bonchev–Trinajstić information content (AvgIpc) is 2.96. The number of carbonyl (C=O) groups excluding carboxylic acids is 3. The summed E-state index contributed by atoms with van der Waals surface area (Å²) in [5.41, 5.74) is 1.56. The molecule has 0 bridgehead atoms. The summed E-state index contributed by atoms with van der Waals surface area (Å²) in [6, 6.07) is 7.03. The van der Waals surface area contributed by atoms with Crippen molar-refractivity contribution in [1.29, 1.82) is 0 Å². The van der Waals surface area contributed by atoms with E-state index in [0.717, 1.165) is 16.9 Å². The van der Waals surface area contributed by atoms with Gasteiger partial charge in [-0.3, -0.25) is 14.9 Å². The van der Waals surface area contributed by atoms with Crippen LogP contribution in [0.5, 0.6) is 0 Å². The molecule has 22 heavy (non-hydrogen) atoms. The maximum Gasteiger partial charge on any atom is 0.339 e. The maximum absolute atomic E-state index is 12.2. The van der Waals surface area contributed by atoms with Gasteiger partial charge in [0.15, 0.2) is 17.0 Å². The highest BCUT2D eigenvalue weighted by molar-refractivity contribution is 7.14. The fraction of sp³-hybridized carbons (Fsp3) is 0.200. The first kappa shape index (κ1) is 14.4. The van der Waals surface area contributed by atoms with Crippen molar-refractivity contribution in [3.63, 3.8) is 0 Å². The van der Waals surface area contributed by atoms with Gasteiger partial charge in [-0.05, 0) is 11.6 Å². The quantitative estimate of drug-likeness (QED) is 0.692. The van der Waals surface area contributed by atoms with Crippen LogP contribution in [0.4, 0.5) is 5.13 Å². The Hall–Kier alpha value is -2.54. The molecule has 1 aromatic carbocycles. The largest absolute Gasteiger partial charge is 0.448 e. The van der Waals surface area contributed by atoms with Crippen LogP contribution in [-0.2, 0) is 16.0 Å². The number of nitrogens with zero attached hydrogens (tertiary/aromatic N) is 1. The van der Waals surface area contributed by atoms with Crippen LogP contribution in [0.1, 0.15) is 33.3 Å². The van der Waals surface area contributed by atoms with Crippen molar-refractivity contribution in [3.8, 4) is 0 Å². The lowest BCUT2D eigenvalue weighted by Gasteiger charge is -2.23. The number of thiazole rings is 1. The van der Waals surface area contributed by atoms with Crippen molar-refractivity contribution in [2.45, 2.75) is 19.4 Å². The van der Waals surface area contributed by atoms with Crippen molar-refractivity contribution < 1.29 is 19.1 Å². The molecular formula is C15H12N2O4S. The van der Waals surface area contributed by atoms with Gasteiger partial charge in [0.1, 0.15) is 5.69 Å². The zero-order valence-electron chi connectivity index (χ0n) is 11.7. The van der Waals surface area contributed by atoms with E-state index in [2.05, 4.69) is 10.3 Å². The van der Waals surface area contributed by atoms with Crippen LogP contribution in [0.3, 0.4) is 0 Å². The number of hydrogen-bond donors (Lipinski definition) is 1. The molecule has 1 amide bonds. The number of carbonyl (C=O) groups is 3. The number of ether oxygens (including phenoxy) is 1. The van der Waals surface area contributed by atoms with Gasteiger partial charge in [0.25, 0.3) is 5.91 Å². The molecule has 1 aliphatic rings. The predicted molar refractivity (Wildman–Crippen MR) is 80.1 cm³/mol. The number of rotatable bonds is 3. The number of hydrogen-bond acceptors (Lipinski definition) is 6. The van der Waals surface area contributed by atoms with Crippen LogP contribution < -0.4 is 5.32 Å². The van der Waals surface area contributed by atoms with Gasteiger partial charge >= 0.3 is 5.97 Å². The first-order valence-electron chi connectivity index (χ1n) is 6.61. The molecule has 1 atom stereocenters. The minimum absolute atomic E-state index is 0.172. The molecule has 0 unspecified atom stereocenters. The van der Waals surface area contributed by atoms with Crippen LogP contribution in [0, 0.1) is 0 Å². The fourth-order valence-corrected chi connectivity index (χ4v) is 2.91. The molecule has 7 heteroatoms. The van der Waals surface area contributed by atoms with E-state index in [1.54, 1.807) is 23.6 Å². The Morgan fingerprint density at radius 2 is 2.14 bits per heavy atom. The molecule has 1 aliphatic heterocycles. The molecule has 0 spiro atoms. The summed E-state index contributed by atoms with van der Waals surface area (Å²) in [6.07, 6.45) is -0.578. The highest BCUT2D eigenvalue weighted by atomic mass is 32.1.